The molecule has 0 spiro atoms. The van der Waals surface area contributed by atoms with Crippen LogP contribution in [0.25, 0.3) is 0 Å². The van der Waals surface area contributed by atoms with Crippen LogP contribution >= 0.6 is 24.0 Å². The Bertz CT molecular complexity index is 566. The molecular weight excluding hydrogens is 323 g/mol. The van der Waals surface area contributed by atoms with Gasteiger partial charge in [-0.1, -0.05) is 11.6 Å². The molecule has 8 heteroatoms. The van der Waals surface area contributed by atoms with Gasteiger partial charge < -0.3 is 10.1 Å². The summed E-state index contributed by atoms with van der Waals surface area (Å²) in [6.45, 7) is 1.01. The highest BCUT2D eigenvalue weighted by Gasteiger charge is 2.32. The number of hydrogen-bond acceptors (Lipinski definition) is 4. The molecular formula is C12H18Cl2N2O3S. The lowest BCUT2D eigenvalue weighted by Gasteiger charge is -2.17. The lowest BCUT2D eigenvalue weighted by molar-refractivity contribution is 0.414. The molecule has 20 heavy (non-hydrogen) atoms. The molecule has 1 N–H and O–H groups in total. The highest BCUT2D eigenvalue weighted by Crippen LogP contribution is 2.29. The molecule has 0 saturated carbocycles. The van der Waals surface area contributed by atoms with Gasteiger partial charge in [-0.2, -0.15) is 4.31 Å². The monoisotopic (exact) mass is 340 g/mol. The Morgan fingerprint density at radius 3 is 2.65 bits per heavy atom. The minimum Gasteiger partial charge on any atom is -0.495 e. The van der Waals surface area contributed by atoms with Crippen LogP contribution in [0.3, 0.4) is 0 Å². The van der Waals surface area contributed by atoms with Gasteiger partial charge in [0.1, 0.15) is 5.75 Å². The van der Waals surface area contributed by atoms with Crippen molar-refractivity contribution in [1.82, 2.24) is 9.62 Å². The van der Waals surface area contributed by atoms with E-state index in [-0.39, 0.29) is 23.3 Å². The molecule has 1 atom stereocenters. The van der Waals surface area contributed by atoms with Crippen molar-refractivity contribution in [2.45, 2.75) is 17.4 Å². The van der Waals surface area contributed by atoms with E-state index >= 15 is 0 Å². The van der Waals surface area contributed by atoms with Crippen LogP contribution in [0.15, 0.2) is 23.1 Å². The summed E-state index contributed by atoms with van der Waals surface area (Å²) in [6, 6.07) is 4.74. The molecule has 114 valence electrons. The van der Waals surface area contributed by atoms with Crippen LogP contribution in [-0.4, -0.2) is 46.0 Å². The Hall–Kier alpha value is -0.530. The van der Waals surface area contributed by atoms with E-state index in [9.17, 15) is 8.42 Å². The first-order chi connectivity index (χ1) is 8.98. The van der Waals surface area contributed by atoms with Gasteiger partial charge >= 0.3 is 0 Å². The second-order valence-corrected chi connectivity index (χ2v) is 6.78. The van der Waals surface area contributed by atoms with E-state index < -0.39 is 10.0 Å². The predicted molar refractivity (Wildman–Crippen MR) is 81.5 cm³/mol. The standard InChI is InChI=1S/C12H17ClN2O3S.ClH/c1-14-9-5-6-15(8-9)19(16,17)10-3-4-12(18-2)11(13)7-10;/h3-4,7,9,14H,5-6,8H2,1-2H3;1H. The maximum atomic E-state index is 12.4. The molecule has 0 bridgehead atoms. The first kappa shape index (κ1) is 17.5. The summed E-state index contributed by atoms with van der Waals surface area (Å²) in [7, 11) is -0.144. The van der Waals surface area contributed by atoms with Gasteiger partial charge in [0.05, 0.1) is 17.0 Å². The Morgan fingerprint density at radius 1 is 1.45 bits per heavy atom. The Kier molecular flexibility index (Phi) is 6.09. The molecule has 0 aliphatic carbocycles. The first-order valence-electron chi connectivity index (χ1n) is 6.00. The fourth-order valence-electron chi connectivity index (χ4n) is 2.14. The third-order valence-corrected chi connectivity index (χ3v) is 5.48. The molecule has 1 unspecified atom stereocenters. The summed E-state index contributed by atoms with van der Waals surface area (Å²) in [5.74, 6) is 0.468. The quantitative estimate of drug-likeness (QED) is 0.907. The van der Waals surface area contributed by atoms with Crippen molar-refractivity contribution in [3.63, 3.8) is 0 Å². The van der Waals surface area contributed by atoms with Crippen molar-refractivity contribution in [3.05, 3.63) is 23.2 Å². The number of benzene rings is 1. The fraction of sp³-hybridized carbons (Fsp3) is 0.500. The molecule has 1 saturated heterocycles. The lowest BCUT2D eigenvalue weighted by Crippen LogP contribution is -2.33. The van der Waals surface area contributed by atoms with E-state index in [1.165, 1.54) is 23.5 Å². The fourth-order valence-corrected chi connectivity index (χ4v) is 3.99. The van der Waals surface area contributed by atoms with Crippen molar-refractivity contribution >= 4 is 34.0 Å². The normalized spacial score (nSPS) is 19.6. The van der Waals surface area contributed by atoms with Gasteiger partial charge in [0.2, 0.25) is 10.0 Å². The summed E-state index contributed by atoms with van der Waals surface area (Å²) in [4.78, 5) is 0.204. The lowest BCUT2D eigenvalue weighted by atomic mass is 10.3. The van der Waals surface area contributed by atoms with Crippen molar-refractivity contribution in [1.29, 1.82) is 0 Å². The highest BCUT2D eigenvalue weighted by atomic mass is 35.5. The van der Waals surface area contributed by atoms with Crippen LogP contribution in [0.4, 0.5) is 0 Å². The number of halogens is 2. The van der Waals surface area contributed by atoms with E-state index in [1.54, 1.807) is 6.07 Å². The number of sulfonamides is 1. The molecule has 0 amide bonds. The zero-order valence-electron chi connectivity index (χ0n) is 11.3. The van der Waals surface area contributed by atoms with Crippen LogP contribution in [0.2, 0.25) is 5.02 Å². The molecule has 5 nitrogen and oxygen atoms in total. The minimum absolute atomic E-state index is 0. The van der Waals surface area contributed by atoms with Gasteiger partial charge in [-0.05, 0) is 31.7 Å². The molecule has 1 aliphatic rings. The van der Waals surface area contributed by atoms with Gasteiger partial charge in [-0.15, -0.1) is 12.4 Å². The van der Waals surface area contributed by atoms with E-state index in [2.05, 4.69) is 5.32 Å². The largest absolute Gasteiger partial charge is 0.495 e. The number of nitrogens with one attached hydrogen (secondary N) is 1. The number of hydrogen-bond donors (Lipinski definition) is 1. The highest BCUT2D eigenvalue weighted by molar-refractivity contribution is 7.89. The average Bonchev–Trinajstić information content (AvgIpc) is 2.88. The number of ether oxygens (including phenoxy) is 1. The van der Waals surface area contributed by atoms with Crippen LogP contribution in [0.5, 0.6) is 5.75 Å². The van der Waals surface area contributed by atoms with Crippen molar-refractivity contribution in [3.8, 4) is 5.75 Å². The van der Waals surface area contributed by atoms with E-state index in [4.69, 9.17) is 16.3 Å². The average molecular weight is 341 g/mol. The van der Waals surface area contributed by atoms with Crippen molar-refractivity contribution < 1.29 is 13.2 Å². The molecule has 0 aromatic heterocycles. The van der Waals surface area contributed by atoms with Crippen molar-refractivity contribution in [2.75, 3.05) is 27.2 Å². The number of likely N-dealkylation sites (N-methyl/N-ethyl adjacent to an activating group) is 1. The second kappa shape index (κ2) is 6.95. The topological polar surface area (TPSA) is 58.6 Å². The predicted octanol–water partition coefficient (Wildman–Crippen LogP) is 1.75. The molecule has 1 aromatic carbocycles. The summed E-state index contributed by atoms with van der Waals surface area (Å²) < 4.78 is 31.4. The molecule has 1 heterocycles. The van der Waals surface area contributed by atoms with Gasteiger partial charge in [0.15, 0.2) is 0 Å². The Morgan fingerprint density at radius 2 is 2.15 bits per heavy atom. The molecule has 2 rings (SSSR count). The maximum Gasteiger partial charge on any atom is 0.243 e. The SMILES string of the molecule is CNC1CCN(S(=O)(=O)c2ccc(OC)c(Cl)c2)C1.Cl. The molecule has 0 radical (unpaired) electrons. The van der Waals surface area contributed by atoms with E-state index in [0.717, 1.165) is 6.42 Å². The van der Waals surface area contributed by atoms with Crippen LogP contribution in [0, 0.1) is 0 Å². The second-order valence-electron chi connectivity index (χ2n) is 4.43. The maximum absolute atomic E-state index is 12.4. The van der Waals surface area contributed by atoms with E-state index in [0.29, 0.717) is 23.9 Å². The van der Waals surface area contributed by atoms with Crippen LogP contribution < -0.4 is 10.1 Å². The minimum atomic E-state index is -3.48. The molecule has 1 aliphatic heterocycles. The Balaban J connectivity index is 0.00000200. The third kappa shape index (κ3) is 3.38. The third-order valence-electron chi connectivity index (χ3n) is 3.32. The van der Waals surface area contributed by atoms with Crippen LogP contribution in [0.1, 0.15) is 6.42 Å². The Labute approximate surface area is 130 Å². The zero-order chi connectivity index (χ0) is 14.0. The van der Waals surface area contributed by atoms with Crippen molar-refractivity contribution in [2.24, 2.45) is 0 Å². The number of methoxy groups -OCH3 is 1. The summed E-state index contributed by atoms with van der Waals surface area (Å²) in [6.07, 6.45) is 0.819. The van der Waals surface area contributed by atoms with E-state index in [1.807, 2.05) is 7.05 Å². The molecule has 1 aromatic rings. The van der Waals surface area contributed by atoms with Gasteiger partial charge in [0.25, 0.3) is 0 Å². The summed E-state index contributed by atoms with van der Waals surface area (Å²) in [5.41, 5.74) is 0. The molecule has 1 fully saturated rings. The summed E-state index contributed by atoms with van der Waals surface area (Å²) >= 11 is 5.98. The van der Waals surface area contributed by atoms with Gasteiger partial charge in [-0.25, -0.2) is 8.42 Å². The number of nitrogens with zero attached hydrogens (tertiary/aromatic N) is 1. The summed E-state index contributed by atoms with van der Waals surface area (Å²) in [5, 5.41) is 3.39. The van der Waals surface area contributed by atoms with Gasteiger partial charge in [-0.3, -0.25) is 0 Å². The first-order valence-corrected chi connectivity index (χ1v) is 7.82. The number of rotatable bonds is 4. The van der Waals surface area contributed by atoms with Crippen LogP contribution in [-0.2, 0) is 10.0 Å². The smallest absolute Gasteiger partial charge is 0.243 e. The zero-order valence-corrected chi connectivity index (χ0v) is 13.7. The van der Waals surface area contributed by atoms with Gasteiger partial charge in [0, 0.05) is 19.1 Å².